The lowest BCUT2D eigenvalue weighted by Crippen LogP contribution is -2.53. The summed E-state index contributed by atoms with van der Waals surface area (Å²) in [6, 6.07) is 35.3. The van der Waals surface area contributed by atoms with E-state index in [2.05, 4.69) is 44.7 Å². The van der Waals surface area contributed by atoms with Gasteiger partial charge in [0.1, 0.15) is 6.04 Å². The number of carbonyl (C=O) groups is 2. The number of aromatic nitrogens is 2. The van der Waals surface area contributed by atoms with E-state index < -0.39 is 6.04 Å². The molecular formula is C39H35IN4O2. The first-order valence-corrected chi connectivity index (χ1v) is 16.7. The van der Waals surface area contributed by atoms with Crippen LogP contribution >= 0.6 is 22.6 Å². The minimum Gasteiger partial charge on any atom is -0.336 e. The summed E-state index contributed by atoms with van der Waals surface area (Å²) in [5, 5.41) is 0. The number of hydrogen-bond donors (Lipinski definition) is 0. The normalized spacial score (nSPS) is 14.0. The van der Waals surface area contributed by atoms with Gasteiger partial charge in [0.25, 0.3) is 0 Å². The zero-order chi connectivity index (χ0) is 31.9. The molecule has 230 valence electrons. The van der Waals surface area contributed by atoms with E-state index in [1.165, 1.54) is 5.56 Å². The lowest BCUT2D eigenvalue weighted by Gasteiger charge is -2.38. The second-order valence-electron chi connectivity index (χ2n) is 11.5. The van der Waals surface area contributed by atoms with E-state index in [4.69, 9.17) is 0 Å². The van der Waals surface area contributed by atoms with E-state index in [0.717, 1.165) is 45.6 Å². The molecule has 0 saturated carbocycles. The summed E-state index contributed by atoms with van der Waals surface area (Å²) in [6.07, 6.45) is 7.65. The zero-order valence-corrected chi connectivity index (χ0v) is 27.8. The van der Waals surface area contributed by atoms with Crippen molar-refractivity contribution in [2.24, 2.45) is 0 Å². The number of halogens is 1. The summed E-state index contributed by atoms with van der Waals surface area (Å²) >= 11 is 2.34. The zero-order valence-electron chi connectivity index (χ0n) is 25.7. The van der Waals surface area contributed by atoms with Gasteiger partial charge in [0.15, 0.2) is 0 Å². The predicted molar refractivity (Wildman–Crippen MR) is 191 cm³/mol. The Balaban J connectivity index is 1.37. The highest BCUT2D eigenvalue weighted by Gasteiger charge is 2.39. The second kappa shape index (κ2) is 14.6. The van der Waals surface area contributed by atoms with Gasteiger partial charge in [-0.05, 0) is 65.4 Å². The van der Waals surface area contributed by atoms with E-state index in [9.17, 15) is 9.59 Å². The average molecular weight is 719 g/mol. The molecule has 2 amide bonds. The third-order valence-corrected chi connectivity index (χ3v) is 9.73. The minimum absolute atomic E-state index is 0.0541. The van der Waals surface area contributed by atoms with Gasteiger partial charge >= 0.3 is 0 Å². The monoisotopic (exact) mass is 718 g/mol. The van der Waals surface area contributed by atoms with Crippen LogP contribution in [0.15, 0.2) is 128 Å². The Morgan fingerprint density at radius 1 is 0.870 bits per heavy atom. The number of pyridine rings is 2. The van der Waals surface area contributed by atoms with Crippen LogP contribution < -0.4 is 0 Å². The van der Waals surface area contributed by atoms with Gasteiger partial charge in [0, 0.05) is 49.4 Å². The van der Waals surface area contributed by atoms with Crippen LogP contribution in [-0.2, 0) is 29.1 Å². The molecule has 3 aromatic carbocycles. The fourth-order valence-corrected chi connectivity index (χ4v) is 6.88. The molecule has 46 heavy (non-hydrogen) atoms. The summed E-state index contributed by atoms with van der Waals surface area (Å²) < 4.78 is -0.283. The van der Waals surface area contributed by atoms with Gasteiger partial charge < -0.3 is 9.80 Å². The van der Waals surface area contributed by atoms with E-state index >= 15 is 0 Å². The molecule has 0 fully saturated rings. The quantitative estimate of drug-likeness (QED) is 0.0894. The summed E-state index contributed by atoms with van der Waals surface area (Å²) in [7, 11) is 0. The number of fused-ring (bicyclic) bond motifs is 1. The number of aryl methyl sites for hydroxylation is 1. The van der Waals surface area contributed by atoms with Gasteiger partial charge in [-0.25, -0.2) is 0 Å². The Hall–Kier alpha value is -4.63. The summed E-state index contributed by atoms with van der Waals surface area (Å²) in [6.45, 7) is 3.33. The van der Waals surface area contributed by atoms with E-state index in [0.29, 0.717) is 13.1 Å². The smallest absolute Gasteiger partial charge is 0.247 e. The number of rotatable bonds is 9. The van der Waals surface area contributed by atoms with Crippen molar-refractivity contribution in [3.8, 4) is 11.3 Å². The Morgan fingerprint density at radius 2 is 1.61 bits per heavy atom. The fraction of sp³-hybridized carbons (Fsp3) is 0.179. The predicted octanol–water partition coefficient (Wildman–Crippen LogP) is 7.62. The third kappa shape index (κ3) is 7.42. The van der Waals surface area contributed by atoms with Gasteiger partial charge in [-0.15, -0.1) is 0 Å². The van der Waals surface area contributed by atoms with E-state index in [1.807, 2.05) is 109 Å². The third-order valence-electron chi connectivity index (χ3n) is 8.33. The van der Waals surface area contributed by atoms with Gasteiger partial charge in [-0.3, -0.25) is 19.6 Å². The van der Waals surface area contributed by atoms with Crippen molar-refractivity contribution >= 4 is 40.5 Å². The maximum Gasteiger partial charge on any atom is 0.247 e. The number of amides is 2. The number of benzene rings is 3. The van der Waals surface area contributed by atoms with Crippen molar-refractivity contribution in [2.45, 2.75) is 36.4 Å². The second-order valence-corrected chi connectivity index (χ2v) is 12.8. The fourth-order valence-electron chi connectivity index (χ4n) is 5.77. The molecule has 1 aliphatic rings. The first-order valence-electron chi connectivity index (χ1n) is 15.4. The summed E-state index contributed by atoms with van der Waals surface area (Å²) in [4.78, 5) is 41.5. The summed E-state index contributed by atoms with van der Waals surface area (Å²) in [5.41, 5.74) is 7.95. The molecule has 0 radical (unpaired) electrons. The standard InChI is InChI=1S/C39H35IN4O2/c1-28-14-15-29(25-42-28)18-21-36(45)44(26-30-16-19-32(20-17-30)35-13-7-8-23-41-35)38(37(40)33-10-3-2-4-11-33)39(46)43-24-22-31-9-5-6-12-34(31)27-43/h2-21,23,25,37-38H,22,24,26-27H2,1H3. The largest absolute Gasteiger partial charge is 0.336 e. The molecule has 2 aromatic heterocycles. The van der Waals surface area contributed by atoms with Crippen molar-refractivity contribution in [2.75, 3.05) is 6.54 Å². The van der Waals surface area contributed by atoms with Crippen molar-refractivity contribution in [1.29, 1.82) is 0 Å². The number of carbonyl (C=O) groups excluding carboxylic acids is 2. The maximum atomic E-state index is 14.7. The molecule has 3 heterocycles. The minimum atomic E-state index is -0.739. The lowest BCUT2D eigenvalue weighted by atomic mass is 9.97. The van der Waals surface area contributed by atoms with Crippen LogP contribution in [0.4, 0.5) is 0 Å². The van der Waals surface area contributed by atoms with Gasteiger partial charge in [-0.1, -0.05) is 114 Å². The van der Waals surface area contributed by atoms with Crippen LogP contribution in [0.3, 0.4) is 0 Å². The van der Waals surface area contributed by atoms with Crippen molar-refractivity contribution in [1.82, 2.24) is 19.8 Å². The van der Waals surface area contributed by atoms with Crippen molar-refractivity contribution in [3.05, 3.63) is 161 Å². The highest BCUT2D eigenvalue weighted by atomic mass is 127. The van der Waals surface area contributed by atoms with Crippen LogP contribution in [0.5, 0.6) is 0 Å². The molecule has 2 unspecified atom stereocenters. The highest BCUT2D eigenvalue weighted by molar-refractivity contribution is 14.1. The molecule has 1 aliphatic heterocycles. The molecule has 2 atom stereocenters. The van der Waals surface area contributed by atoms with Crippen molar-refractivity contribution < 1.29 is 9.59 Å². The molecule has 0 spiro atoms. The van der Waals surface area contributed by atoms with Crippen LogP contribution in [0.1, 0.15) is 37.4 Å². The van der Waals surface area contributed by atoms with Gasteiger partial charge in [0.2, 0.25) is 11.8 Å². The maximum absolute atomic E-state index is 14.7. The molecule has 0 aliphatic carbocycles. The first-order chi connectivity index (χ1) is 22.5. The van der Waals surface area contributed by atoms with E-state index in [-0.39, 0.29) is 22.3 Å². The molecule has 0 N–H and O–H groups in total. The first kappa shape index (κ1) is 31.4. The Kier molecular flexibility index (Phi) is 9.98. The lowest BCUT2D eigenvalue weighted by molar-refractivity contribution is -0.144. The molecule has 6 rings (SSSR count). The van der Waals surface area contributed by atoms with Crippen LogP contribution in [0.25, 0.3) is 17.3 Å². The molecule has 6 nitrogen and oxygen atoms in total. The number of alkyl halides is 1. The molecule has 5 aromatic rings. The Morgan fingerprint density at radius 3 is 2.33 bits per heavy atom. The van der Waals surface area contributed by atoms with Gasteiger partial charge in [0.05, 0.1) is 9.62 Å². The Labute approximate surface area is 284 Å². The van der Waals surface area contributed by atoms with Crippen LogP contribution in [0.2, 0.25) is 0 Å². The number of hydrogen-bond acceptors (Lipinski definition) is 4. The number of nitrogens with zero attached hydrogens (tertiary/aromatic N) is 4. The molecule has 0 saturated heterocycles. The van der Waals surface area contributed by atoms with E-state index in [1.54, 1.807) is 29.4 Å². The average Bonchev–Trinajstić information content (AvgIpc) is 3.11. The van der Waals surface area contributed by atoms with Crippen LogP contribution in [0, 0.1) is 6.92 Å². The summed E-state index contributed by atoms with van der Waals surface area (Å²) in [5.74, 6) is -0.288. The molecular weight excluding hydrogens is 683 g/mol. The SMILES string of the molecule is Cc1ccc(C=CC(=O)N(Cc2ccc(-c3ccccn3)cc2)C(C(=O)N2CCc3ccccc3C2)C(I)c2ccccc2)cn1. The Bertz CT molecular complexity index is 1810. The molecule has 7 heteroatoms. The van der Waals surface area contributed by atoms with Crippen LogP contribution in [-0.4, -0.2) is 44.2 Å². The van der Waals surface area contributed by atoms with Crippen molar-refractivity contribution in [3.63, 3.8) is 0 Å². The topological polar surface area (TPSA) is 66.4 Å². The van der Waals surface area contributed by atoms with Gasteiger partial charge in [-0.2, -0.15) is 0 Å². The highest BCUT2D eigenvalue weighted by Crippen LogP contribution is 2.34. The molecule has 0 bridgehead atoms.